The molecule has 68 valence electrons. The van der Waals surface area contributed by atoms with Crippen LogP contribution in [0.15, 0.2) is 23.1 Å². The van der Waals surface area contributed by atoms with Gasteiger partial charge >= 0.3 is 0 Å². The molecule has 0 unspecified atom stereocenters. The van der Waals surface area contributed by atoms with Gasteiger partial charge in [0.2, 0.25) is 0 Å². The van der Waals surface area contributed by atoms with E-state index in [2.05, 4.69) is 0 Å². The van der Waals surface area contributed by atoms with Crippen LogP contribution < -0.4 is 5.56 Å². The Balaban J connectivity index is 3.05. The highest BCUT2D eigenvalue weighted by Crippen LogP contribution is 1.93. The number of rotatable bonds is 3. The van der Waals surface area contributed by atoms with Crippen molar-refractivity contribution in [3.05, 3.63) is 34.2 Å². The van der Waals surface area contributed by atoms with Crippen LogP contribution in [0.2, 0.25) is 0 Å². The lowest BCUT2D eigenvalue weighted by molar-refractivity contribution is 0.649. The molecule has 0 saturated heterocycles. The van der Waals surface area contributed by atoms with Crippen LogP contribution in [0, 0.1) is 11.3 Å². The van der Waals surface area contributed by atoms with Gasteiger partial charge < -0.3 is 4.57 Å². The molecule has 0 bridgehead atoms. The van der Waals surface area contributed by atoms with Gasteiger partial charge in [0.15, 0.2) is 0 Å². The molecule has 1 heterocycles. The Kier molecular flexibility index (Phi) is 3.27. The van der Waals surface area contributed by atoms with Crippen LogP contribution in [0.5, 0.6) is 0 Å². The highest BCUT2D eigenvalue weighted by Gasteiger charge is 2.00. The van der Waals surface area contributed by atoms with Crippen LogP contribution >= 0.6 is 0 Å². The fourth-order valence-electron chi connectivity index (χ4n) is 1.22. The zero-order valence-corrected chi connectivity index (χ0v) is 7.66. The van der Waals surface area contributed by atoms with Crippen molar-refractivity contribution in [1.82, 2.24) is 4.57 Å². The largest absolute Gasteiger partial charge is 0.315 e. The molecule has 0 aliphatic rings. The summed E-state index contributed by atoms with van der Waals surface area (Å²) in [6, 6.07) is 5.50. The van der Waals surface area contributed by atoms with Crippen molar-refractivity contribution in [2.45, 2.75) is 26.3 Å². The van der Waals surface area contributed by atoms with Gasteiger partial charge in [-0.3, -0.25) is 4.79 Å². The third-order valence-corrected chi connectivity index (χ3v) is 1.83. The van der Waals surface area contributed by atoms with Gasteiger partial charge in [0, 0.05) is 18.3 Å². The molecule has 1 rings (SSSR count). The molecule has 1 aromatic heterocycles. The van der Waals surface area contributed by atoms with Gasteiger partial charge in [0.05, 0.1) is 12.5 Å². The maximum absolute atomic E-state index is 11.6. The average molecular weight is 176 g/mol. The average Bonchev–Trinajstić information content (AvgIpc) is 2.13. The first-order valence-electron chi connectivity index (χ1n) is 4.35. The van der Waals surface area contributed by atoms with E-state index >= 15 is 0 Å². The second-order valence-corrected chi connectivity index (χ2v) is 2.87. The quantitative estimate of drug-likeness (QED) is 0.697. The lowest BCUT2D eigenvalue weighted by Gasteiger charge is -2.03. The SMILES string of the molecule is CCCn1cccc(CC#N)c1=O. The highest BCUT2D eigenvalue weighted by molar-refractivity contribution is 5.14. The molecule has 0 fully saturated rings. The Labute approximate surface area is 77.2 Å². The summed E-state index contributed by atoms with van der Waals surface area (Å²) in [5, 5.41) is 8.47. The van der Waals surface area contributed by atoms with Crippen LogP contribution in [-0.4, -0.2) is 4.57 Å². The number of aryl methyl sites for hydroxylation is 1. The number of hydrogen-bond donors (Lipinski definition) is 0. The molecule has 3 nitrogen and oxygen atoms in total. The van der Waals surface area contributed by atoms with Crippen molar-refractivity contribution < 1.29 is 0 Å². The predicted molar refractivity (Wildman–Crippen MR) is 50.3 cm³/mol. The van der Waals surface area contributed by atoms with Crippen LogP contribution in [0.1, 0.15) is 18.9 Å². The zero-order valence-electron chi connectivity index (χ0n) is 7.66. The first-order chi connectivity index (χ1) is 6.29. The van der Waals surface area contributed by atoms with Gasteiger partial charge in [0.25, 0.3) is 5.56 Å². The van der Waals surface area contributed by atoms with E-state index in [-0.39, 0.29) is 12.0 Å². The standard InChI is InChI=1S/C10H12N2O/c1-2-7-12-8-3-4-9(5-6-11)10(12)13/h3-4,8H,2,5,7H2,1H3. The Hall–Kier alpha value is -1.56. The fourth-order valence-corrected chi connectivity index (χ4v) is 1.22. The summed E-state index contributed by atoms with van der Waals surface area (Å²) >= 11 is 0. The van der Waals surface area contributed by atoms with Crippen LogP contribution in [0.3, 0.4) is 0 Å². The molecule has 0 aliphatic heterocycles. The topological polar surface area (TPSA) is 45.8 Å². The minimum atomic E-state index is -0.0362. The zero-order chi connectivity index (χ0) is 9.68. The summed E-state index contributed by atoms with van der Waals surface area (Å²) in [5.74, 6) is 0. The number of nitrogens with zero attached hydrogens (tertiary/aromatic N) is 2. The second-order valence-electron chi connectivity index (χ2n) is 2.87. The van der Waals surface area contributed by atoms with E-state index in [0.717, 1.165) is 13.0 Å². The molecule has 0 saturated carbocycles. The number of hydrogen-bond acceptors (Lipinski definition) is 2. The monoisotopic (exact) mass is 176 g/mol. The Bertz CT molecular complexity index is 373. The second kappa shape index (κ2) is 4.46. The smallest absolute Gasteiger partial charge is 0.254 e. The highest BCUT2D eigenvalue weighted by atomic mass is 16.1. The number of nitriles is 1. The predicted octanol–water partition coefficient (Wildman–Crippen LogP) is 1.32. The first kappa shape index (κ1) is 9.53. The first-order valence-corrected chi connectivity index (χ1v) is 4.35. The molecule has 1 aromatic rings. The summed E-state index contributed by atoms with van der Waals surface area (Å²) in [6.45, 7) is 2.74. The Morgan fingerprint density at radius 1 is 1.62 bits per heavy atom. The normalized spacial score (nSPS) is 9.54. The maximum atomic E-state index is 11.6. The Morgan fingerprint density at radius 2 is 2.38 bits per heavy atom. The molecular weight excluding hydrogens is 164 g/mol. The molecule has 0 amide bonds. The van der Waals surface area contributed by atoms with Gasteiger partial charge in [-0.25, -0.2) is 0 Å². The fraction of sp³-hybridized carbons (Fsp3) is 0.400. The summed E-state index contributed by atoms with van der Waals surface area (Å²) in [5.41, 5.74) is 0.546. The van der Waals surface area contributed by atoms with E-state index in [1.54, 1.807) is 16.8 Å². The molecule has 13 heavy (non-hydrogen) atoms. The number of aromatic nitrogens is 1. The third-order valence-electron chi connectivity index (χ3n) is 1.83. The van der Waals surface area contributed by atoms with Crippen molar-refractivity contribution in [3.8, 4) is 6.07 Å². The van der Waals surface area contributed by atoms with E-state index < -0.39 is 0 Å². The minimum Gasteiger partial charge on any atom is -0.315 e. The molecule has 0 spiro atoms. The van der Waals surface area contributed by atoms with Crippen molar-refractivity contribution >= 4 is 0 Å². The third kappa shape index (κ3) is 2.19. The van der Waals surface area contributed by atoms with E-state index in [0.29, 0.717) is 5.56 Å². The van der Waals surface area contributed by atoms with Crippen LogP contribution in [0.25, 0.3) is 0 Å². The van der Waals surface area contributed by atoms with Gasteiger partial charge in [-0.1, -0.05) is 13.0 Å². The maximum Gasteiger partial charge on any atom is 0.254 e. The lowest BCUT2D eigenvalue weighted by Crippen LogP contribution is -2.22. The molecule has 0 aliphatic carbocycles. The minimum absolute atomic E-state index is 0.0362. The van der Waals surface area contributed by atoms with E-state index in [9.17, 15) is 4.79 Å². The molecular formula is C10H12N2O. The van der Waals surface area contributed by atoms with Crippen molar-refractivity contribution in [2.24, 2.45) is 0 Å². The summed E-state index contributed by atoms with van der Waals surface area (Å²) in [7, 11) is 0. The molecule has 0 aromatic carbocycles. The number of pyridine rings is 1. The molecule has 3 heteroatoms. The van der Waals surface area contributed by atoms with E-state index in [4.69, 9.17) is 5.26 Å². The lowest BCUT2D eigenvalue weighted by atomic mass is 10.2. The van der Waals surface area contributed by atoms with E-state index in [1.165, 1.54) is 0 Å². The van der Waals surface area contributed by atoms with Crippen LogP contribution in [0.4, 0.5) is 0 Å². The van der Waals surface area contributed by atoms with Gasteiger partial charge in [-0.15, -0.1) is 0 Å². The van der Waals surface area contributed by atoms with Crippen molar-refractivity contribution in [3.63, 3.8) is 0 Å². The van der Waals surface area contributed by atoms with Crippen molar-refractivity contribution in [1.29, 1.82) is 5.26 Å². The van der Waals surface area contributed by atoms with E-state index in [1.807, 2.05) is 19.1 Å². The Morgan fingerprint density at radius 3 is 3.00 bits per heavy atom. The van der Waals surface area contributed by atoms with Crippen molar-refractivity contribution in [2.75, 3.05) is 0 Å². The molecule has 0 atom stereocenters. The van der Waals surface area contributed by atoms with Gasteiger partial charge in [-0.05, 0) is 12.5 Å². The van der Waals surface area contributed by atoms with Gasteiger partial charge in [0.1, 0.15) is 0 Å². The molecule has 0 radical (unpaired) electrons. The summed E-state index contributed by atoms with van der Waals surface area (Å²) in [4.78, 5) is 11.6. The summed E-state index contributed by atoms with van der Waals surface area (Å²) < 4.78 is 1.65. The molecule has 0 N–H and O–H groups in total. The van der Waals surface area contributed by atoms with Crippen LogP contribution in [-0.2, 0) is 13.0 Å². The summed E-state index contributed by atoms with van der Waals surface area (Å²) in [6.07, 6.45) is 2.88. The van der Waals surface area contributed by atoms with Gasteiger partial charge in [-0.2, -0.15) is 5.26 Å².